The molecule has 2 atom stereocenters. The molecule has 31 heavy (non-hydrogen) atoms. The summed E-state index contributed by atoms with van der Waals surface area (Å²) in [4.78, 5) is 42.2. The van der Waals surface area contributed by atoms with E-state index in [4.69, 9.17) is 0 Å². The van der Waals surface area contributed by atoms with E-state index in [-0.39, 0.29) is 30.7 Å². The number of aromatic amines is 1. The Morgan fingerprint density at radius 1 is 1.06 bits per heavy atom. The molecule has 0 unspecified atom stereocenters. The fourth-order valence-electron chi connectivity index (χ4n) is 4.65. The van der Waals surface area contributed by atoms with Gasteiger partial charge in [-0.05, 0) is 49.4 Å². The number of carbonyl (C=O) groups excluding carboxylic acids is 3. The normalized spacial score (nSPS) is 20.6. The van der Waals surface area contributed by atoms with Crippen molar-refractivity contribution in [2.24, 2.45) is 0 Å². The first-order valence-electron chi connectivity index (χ1n) is 10.7. The van der Waals surface area contributed by atoms with E-state index in [1.807, 2.05) is 18.2 Å². The Hall–Kier alpha value is -3.61. The number of amides is 4. The lowest BCUT2D eigenvalue weighted by atomic mass is 9.91. The van der Waals surface area contributed by atoms with Crippen LogP contribution < -0.4 is 15.5 Å². The predicted octanol–water partition coefficient (Wildman–Crippen LogP) is 3.57. The molecular formula is C24H24N4O3. The fraction of sp³-hybridized carbons (Fsp3) is 0.292. The summed E-state index contributed by atoms with van der Waals surface area (Å²) in [6.45, 7) is 0. The van der Waals surface area contributed by atoms with Crippen LogP contribution in [0.3, 0.4) is 0 Å². The zero-order chi connectivity index (χ0) is 21.4. The average Bonchev–Trinajstić information content (AvgIpc) is 3.30. The molecule has 0 spiro atoms. The lowest BCUT2D eigenvalue weighted by molar-refractivity contribution is -0.122. The molecule has 1 fully saturated rings. The molecule has 4 amide bonds. The Morgan fingerprint density at radius 3 is 2.68 bits per heavy atom. The van der Waals surface area contributed by atoms with E-state index in [0.717, 1.165) is 35.4 Å². The van der Waals surface area contributed by atoms with Crippen molar-refractivity contribution in [2.45, 2.75) is 44.2 Å². The second-order valence-corrected chi connectivity index (χ2v) is 8.13. The zero-order valence-corrected chi connectivity index (χ0v) is 17.1. The highest BCUT2D eigenvalue weighted by Gasteiger charge is 2.39. The molecule has 1 aliphatic carbocycles. The largest absolute Gasteiger partial charge is 0.356 e. The second kappa shape index (κ2) is 7.91. The molecule has 1 aliphatic heterocycles. The van der Waals surface area contributed by atoms with E-state index in [1.54, 1.807) is 24.3 Å². The number of aromatic nitrogens is 1. The van der Waals surface area contributed by atoms with Gasteiger partial charge in [0.1, 0.15) is 6.04 Å². The van der Waals surface area contributed by atoms with Gasteiger partial charge in [-0.25, -0.2) is 9.69 Å². The molecule has 1 saturated heterocycles. The number of hydrogen-bond acceptors (Lipinski definition) is 3. The van der Waals surface area contributed by atoms with Crippen molar-refractivity contribution in [3.05, 3.63) is 65.9 Å². The van der Waals surface area contributed by atoms with E-state index in [2.05, 4.69) is 27.8 Å². The predicted molar refractivity (Wildman–Crippen MR) is 118 cm³/mol. The number of para-hydroxylation sites is 2. The van der Waals surface area contributed by atoms with Crippen LogP contribution in [0.25, 0.3) is 10.9 Å². The summed E-state index contributed by atoms with van der Waals surface area (Å²) in [5, 5.41) is 7.04. The molecule has 1 aromatic heterocycles. The molecule has 7 nitrogen and oxygen atoms in total. The summed E-state index contributed by atoms with van der Waals surface area (Å²) in [6.07, 6.45) is 3.34. The van der Waals surface area contributed by atoms with Crippen molar-refractivity contribution in [1.29, 1.82) is 0 Å². The van der Waals surface area contributed by atoms with Gasteiger partial charge in [0.25, 0.3) is 5.91 Å². The summed E-state index contributed by atoms with van der Waals surface area (Å²) in [7, 11) is 0. The number of nitrogens with one attached hydrogen (secondary N) is 3. The number of H-pyrrole nitrogens is 1. The maximum Gasteiger partial charge on any atom is 0.329 e. The van der Waals surface area contributed by atoms with Gasteiger partial charge in [0, 0.05) is 23.0 Å². The van der Waals surface area contributed by atoms with Gasteiger partial charge in [-0.3, -0.25) is 9.59 Å². The molecule has 2 aromatic carbocycles. The van der Waals surface area contributed by atoms with Crippen molar-refractivity contribution in [3.63, 3.8) is 0 Å². The van der Waals surface area contributed by atoms with Crippen LogP contribution in [0, 0.1) is 0 Å². The van der Waals surface area contributed by atoms with Gasteiger partial charge in [0.2, 0.25) is 5.91 Å². The summed E-state index contributed by atoms with van der Waals surface area (Å²) in [6, 6.07) is 15.8. The maximum absolute atomic E-state index is 12.7. The number of imide groups is 1. The SMILES string of the molecule is O=C(CC[C@@H]1NC(=O)N(c2ccccc2)C1=O)N[C@@H]1CCCc2c1[nH]c1ccccc21. The minimum atomic E-state index is -0.687. The number of hydrogen-bond donors (Lipinski definition) is 3. The van der Waals surface area contributed by atoms with Crippen molar-refractivity contribution in [3.8, 4) is 0 Å². The summed E-state index contributed by atoms with van der Waals surface area (Å²) >= 11 is 0. The first-order chi connectivity index (χ1) is 15.1. The van der Waals surface area contributed by atoms with Crippen LogP contribution in [-0.4, -0.2) is 28.9 Å². The van der Waals surface area contributed by atoms with Crippen LogP contribution in [0.5, 0.6) is 0 Å². The lowest BCUT2D eigenvalue weighted by Gasteiger charge is -2.24. The Morgan fingerprint density at radius 2 is 1.84 bits per heavy atom. The van der Waals surface area contributed by atoms with Gasteiger partial charge < -0.3 is 15.6 Å². The zero-order valence-electron chi connectivity index (χ0n) is 17.1. The monoisotopic (exact) mass is 416 g/mol. The number of anilines is 1. The quantitative estimate of drug-likeness (QED) is 0.555. The highest BCUT2D eigenvalue weighted by atomic mass is 16.2. The summed E-state index contributed by atoms with van der Waals surface area (Å²) in [5.41, 5.74) is 3.99. The van der Waals surface area contributed by atoms with Crippen molar-refractivity contribution < 1.29 is 14.4 Å². The second-order valence-electron chi connectivity index (χ2n) is 8.13. The first-order valence-corrected chi connectivity index (χ1v) is 10.7. The standard InChI is InChI=1S/C24H24N4O3/c29-21(14-13-20-23(30)28(24(31)27-20)15-7-2-1-3-8-15)25-19-12-6-10-17-16-9-4-5-11-18(16)26-22(17)19/h1-5,7-9,11,19-20,26H,6,10,12-14H2,(H,25,29)(H,27,31)/t19-,20+/m1/s1. The van der Waals surface area contributed by atoms with Gasteiger partial charge >= 0.3 is 6.03 Å². The van der Waals surface area contributed by atoms with Gasteiger partial charge in [0.05, 0.1) is 11.7 Å². The van der Waals surface area contributed by atoms with E-state index in [0.29, 0.717) is 5.69 Å². The van der Waals surface area contributed by atoms with Gasteiger partial charge in [-0.2, -0.15) is 0 Å². The number of carbonyl (C=O) groups is 3. The molecule has 3 aromatic rings. The molecule has 2 heterocycles. The van der Waals surface area contributed by atoms with Crippen LogP contribution >= 0.6 is 0 Å². The molecule has 0 bridgehead atoms. The number of nitrogens with zero attached hydrogens (tertiary/aromatic N) is 1. The van der Waals surface area contributed by atoms with Crippen LogP contribution in [0.1, 0.15) is 43.0 Å². The van der Waals surface area contributed by atoms with Crippen LogP contribution in [0.2, 0.25) is 0 Å². The molecule has 0 saturated carbocycles. The van der Waals surface area contributed by atoms with Crippen molar-refractivity contribution in [2.75, 3.05) is 4.90 Å². The highest BCUT2D eigenvalue weighted by Crippen LogP contribution is 2.34. The molecular weight excluding hydrogens is 392 g/mol. The molecule has 158 valence electrons. The Labute approximate surface area is 179 Å². The molecule has 0 radical (unpaired) electrons. The van der Waals surface area contributed by atoms with Gasteiger partial charge in [-0.1, -0.05) is 36.4 Å². The Bertz CT molecular complexity index is 1150. The van der Waals surface area contributed by atoms with Gasteiger partial charge in [0.15, 0.2) is 0 Å². The third-order valence-electron chi connectivity index (χ3n) is 6.14. The third-order valence-corrected chi connectivity index (χ3v) is 6.14. The van der Waals surface area contributed by atoms with Crippen LogP contribution in [0.15, 0.2) is 54.6 Å². The van der Waals surface area contributed by atoms with E-state index in [9.17, 15) is 14.4 Å². The molecule has 7 heteroatoms. The minimum absolute atomic E-state index is 0.0571. The number of aryl methyl sites for hydroxylation is 1. The van der Waals surface area contributed by atoms with Crippen LogP contribution in [-0.2, 0) is 16.0 Å². The number of urea groups is 1. The van der Waals surface area contributed by atoms with E-state index in [1.165, 1.54) is 10.9 Å². The third kappa shape index (κ3) is 3.56. The number of benzene rings is 2. The maximum atomic E-state index is 12.7. The lowest BCUT2D eigenvalue weighted by Crippen LogP contribution is -2.34. The van der Waals surface area contributed by atoms with E-state index >= 15 is 0 Å². The minimum Gasteiger partial charge on any atom is -0.356 e. The molecule has 2 aliphatic rings. The topological polar surface area (TPSA) is 94.3 Å². The number of rotatable bonds is 5. The average molecular weight is 416 g/mol. The van der Waals surface area contributed by atoms with Crippen LogP contribution in [0.4, 0.5) is 10.5 Å². The smallest absolute Gasteiger partial charge is 0.329 e. The Kier molecular flexibility index (Phi) is 4.94. The van der Waals surface area contributed by atoms with Crippen molar-refractivity contribution >= 4 is 34.4 Å². The summed E-state index contributed by atoms with van der Waals surface area (Å²) in [5.74, 6) is -0.434. The Balaban J connectivity index is 1.23. The van der Waals surface area contributed by atoms with Gasteiger partial charge in [-0.15, -0.1) is 0 Å². The van der Waals surface area contributed by atoms with E-state index < -0.39 is 12.1 Å². The molecule has 5 rings (SSSR count). The number of fused-ring (bicyclic) bond motifs is 3. The summed E-state index contributed by atoms with van der Waals surface area (Å²) < 4.78 is 0. The first kappa shape index (κ1) is 19.4. The fourth-order valence-corrected chi connectivity index (χ4v) is 4.65. The molecule has 3 N–H and O–H groups in total. The van der Waals surface area contributed by atoms with Crippen molar-refractivity contribution in [1.82, 2.24) is 15.6 Å². The highest BCUT2D eigenvalue weighted by molar-refractivity contribution is 6.21.